The Kier molecular flexibility index (Phi) is 4.33. The van der Waals surface area contributed by atoms with E-state index in [9.17, 15) is 22.9 Å². The lowest BCUT2D eigenvalue weighted by molar-refractivity contribution is -0.387. The molecule has 3 rings (SSSR count). The van der Waals surface area contributed by atoms with E-state index in [4.69, 9.17) is 0 Å². The van der Waals surface area contributed by atoms with E-state index in [1.807, 2.05) is 24.3 Å². The Bertz CT molecular complexity index is 899. The first kappa shape index (κ1) is 16.5. The summed E-state index contributed by atoms with van der Waals surface area (Å²) in [6.07, 6.45) is 2.36. The van der Waals surface area contributed by atoms with Crippen LogP contribution in [0.15, 0.2) is 47.4 Å². The molecule has 0 heterocycles. The summed E-state index contributed by atoms with van der Waals surface area (Å²) in [6.45, 7) is 0. The smallest absolute Gasteiger partial charge is 0.258 e. The van der Waals surface area contributed by atoms with Gasteiger partial charge in [-0.05, 0) is 42.5 Å². The van der Waals surface area contributed by atoms with Gasteiger partial charge in [-0.2, -0.15) is 4.39 Å². The average Bonchev–Trinajstić information content (AvgIpc) is 2.55. The first-order valence-electron chi connectivity index (χ1n) is 7.42. The third-order valence-corrected chi connectivity index (χ3v) is 5.56. The number of fused-ring (bicyclic) bond motifs is 1. The van der Waals surface area contributed by atoms with E-state index in [0.29, 0.717) is 6.42 Å². The van der Waals surface area contributed by atoms with Crippen LogP contribution < -0.4 is 4.72 Å². The Morgan fingerprint density at radius 3 is 2.71 bits per heavy atom. The number of hydrogen-bond acceptors (Lipinski definition) is 4. The second-order valence-electron chi connectivity index (χ2n) is 5.64. The maximum atomic E-state index is 13.4. The van der Waals surface area contributed by atoms with Gasteiger partial charge in [0.15, 0.2) is 0 Å². The van der Waals surface area contributed by atoms with E-state index in [1.54, 1.807) is 0 Å². The molecule has 0 saturated heterocycles. The Morgan fingerprint density at radius 2 is 1.96 bits per heavy atom. The molecule has 0 unspecified atom stereocenters. The van der Waals surface area contributed by atoms with Crippen molar-refractivity contribution in [3.63, 3.8) is 0 Å². The monoisotopic (exact) mass is 350 g/mol. The molecule has 0 fully saturated rings. The van der Waals surface area contributed by atoms with Gasteiger partial charge in [-0.1, -0.05) is 24.3 Å². The fraction of sp³-hybridized carbons (Fsp3) is 0.250. The lowest BCUT2D eigenvalue weighted by atomic mass is 9.88. The van der Waals surface area contributed by atoms with Gasteiger partial charge in [0.2, 0.25) is 15.8 Å². The summed E-state index contributed by atoms with van der Waals surface area (Å²) in [7, 11) is -4.00. The molecule has 0 bridgehead atoms. The Labute approximate surface area is 138 Å². The van der Waals surface area contributed by atoms with Crippen molar-refractivity contribution < 1.29 is 17.7 Å². The van der Waals surface area contributed by atoms with Crippen molar-refractivity contribution in [3.05, 3.63) is 69.5 Å². The number of nitrogens with zero attached hydrogens (tertiary/aromatic N) is 1. The van der Waals surface area contributed by atoms with Gasteiger partial charge in [0, 0.05) is 12.1 Å². The van der Waals surface area contributed by atoms with E-state index < -0.39 is 32.5 Å². The molecule has 1 aliphatic carbocycles. The number of halogens is 1. The number of nitro groups is 1. The standard InChI is InChI=1S/C16H15FN2O4S/c17-14-9-8-12(10-16(14)19(20)21)24(22,23)18-15-7-3-5-11-4-1-2-6-13(11)15/h1-2,4,6,8-10,15,18H,3,5,7H2/t15-/m0/s1. The molecule has 0 aliphatic heterocycles. The zero-order valence-corrected chi connectivity index (χ0v) is 13.4. The van der Waals surface area contributed by atoms with Gasteiger partial charge in [-0.25, -0.2) is 13.1 Å². The lowest BCUT2D eigenvalue weighted by Gasteiger charge is -2.26. The minimum Gasteiger partial charge on any atom is -0.258 e. The fourth-order valence-electron chi connectivity index (χ4n) is 2.93. The molecule has 2 aromatic rings. The van der Waals surface area contributed by atoms with Crippen molar-refractivity contribution in [3.8, 4) is 0 Å². The normalized spacial score (nSPS) is 17.3. The topological polar surface area (TPSA) is 89.3 Å². The van der Waals surface area contributed by atoms with Gasteiger partial charge in [0.05, 0.1) is 9.82 Å². The lowest BCUT2D eigenvalue weighted by Crippen LogP contribution is -2.31. The first-order chi connectivity index (χ1) is 11.4. The van der Waals surface area contributed by atoms with Crippen LogP contribution in [0, 0.1) is 15.9 Å². The summed E-state index contributed by atoms with van der Waals surface area (Å²) < 4.78 is 41.1. The molecule has 24 heavy (non-hydrogen) atoms. The van der Waals surface area contributed by atoms with E-state index >= 15 is 0 Å². The Balaban J connectivity index is 1.93. The van der Waals surface area contributed by atoms with Crippen molar-refractivity contribution >= 4 is 15.7 Å². The molecule has 0 spiro atoms. The minimum absolute atomic E-state index is 0.321. The fourth-order valence-corrected chi connectivity index (χ4v) is 4.20. The number of sulfonamides is 1. The summed E-state index contributed by atoms with van der Waals surface area (Å²) in [5.41, 5.74) is 1.13. The van der Waals surface area contributed by atoms with Gasteiger partial charge in [0.1, 0.15) is 0 Å². The number of aryl methyl sites for hydroxylation is 1. The maximum absolute atomic E-state index is 13.4. The van der Waals surface area contributed by atoms with E-state index in [0.717, 1.165) is 42.2 Å². The van der Waals surface area contributed by atoms with Gasteiger partial charge < -0.3 is 0 Å². The van der Waals surface area contributed by atoms with Crippen molar-refractivity contribution in [1.29, 1.82) is 0 Å². The number of benzene rings is 2. The molecule has 0 aromatic heterocycles. The predicted octanol–water partition coefficient (Wildman–Crippen LogP) is 3.09. The second kappa shape index (κ2) is 6.29. The van der Waals surface area contributed by atoms with Crippen LogP contribution in [0.3, 0.4) is 0 Å². The van der Waals surface area contributed by atoms with Crippen LogP contribution in [0.5, 0.6) is 0 Å². The highest BCUT2D eigenvalue weighted by molar-refractivity contribution is 7.89. The first-order valence-corrected chi connectivity index (χ1v) is 8.91. The highest BCUT2D eigenvalue weighted by Crippen LogP contribution is 2.31. The maximum Gasteiger partial charge on any atom is 0.306 e. The zero-order valence-electron chi connectivity index (χ0n) is 12.6. The third-order valence-electron chi connectivity index (χ3n) is 4.09. The minimum atomic E-state index is -4.00. The van der Waals surface area contributed by atoms with Crippen LogP contribution in [-0.2, 0) is 16.4 Å². The van der Waals surface area contributed by atoms with Crippen LogP contribution in [0.25, 0.3) is 0 Å². The summed E-state index contributed by atoms with van der Waals surface area (Å²) in [5.74, 6) is -1.07. The molecule has 1 aliphatic rings. The van der Waals surface area contributed by atoms with Crippen molar-refractivity contribution in [2.75, 3.05) is 0 Å². The summed E-state index contributed by atoms with van der Waals surface area (Å²) in [4.78, 5) is 9.54. The molecule has 2 aromatic carbocycles. The molecular weight excluding hydrogens is 335 g/mol. The number of nitro benzene ring substituents is 1. The molecule has 0 radical (unpaired) electrons. The predicted molar refractivity (Wildman–Crippen MR) is 85.5 cm³/mol. The molecule has 1 N–H and O–H groups in total. The number of nitrogens with one attached hydrogen (secondary N) is 1. The van der Waals surface area contributed by atoms with Crippen LogP contribution in [0.1, 0.15) is 30.0 Å². The van der Waals surface area contributed by atoms with Crippen molar-refractivity contribution in [2.45, 2.75) is 30.2 Å². The molecule has 1 atom stereocenters. The summed E-state index contributed by atoms with van der Waals surface area (Å²) >= 11 is 0. The van der Waals surface area contributed by atoms with Gasteiger partial charge >= 0.3 is 5.69 Å². The Morgan fingerprint density at radius 1 is 1.21 bits per heavy atom. The Hall–Kier alpha value is -2.32. The molecule has 8 heteroatoms. The van der Waals surface area contributed by atoms with Crippen LogP contribution in [0.4, 0.5) is 10.1 Å². The van der Waals surface area contributed by atoms with Crippen LogP contribution >= 0.6 is 0 Å². The van der Waals surface area contributed by atoms with Crippen LogP contribution in [-0.4, -0.2) is 13.3 Å². The molecule has 6 nitrogen and oxygen atoms in total. The van der Waals surface area contributed by atoms with Crippen LogP contribution in [0.2, 0.25) is 0 Å². The van der Waals surface area contributed by atoms with Crippen molar-refractivity contribution in [2.24, 2.45) is 0 Å². The van der Waals surface area contributed by atoms with E-state index in [2.05, 4.69) is 4.72 Å². The summed E-state index contributed by atoms with van der Waals surface area (Å²) in [5, 5.41) is 10.8. The molecule has 126 valence electrons. The highest BCUT2D eigenvalue weighted by Gasteiger charge is 2.27. The average molecular weight is 350 g/mol. The van der Waals surface area contributed by atoms with E-state index in [-0.39, 0.29) is 4.90 Å². The van der Waals surface area contributed by atoms with Gasteiger partial charge in [0.25, 0.3) is 0 Å². The molecular formula is C16H15FN2O4S. The SMILES string of the molecule is O=[N+]([O-])c1cc(S(=O)(=O)N[C@H]2CCCc3ccccc32)ccc1F. The van der Waals surface area contributed by atoms with Crippen molar-refractivity contribution in [1.82, 2.24) is 4.72 Å². The molecule has 0 amide bonds. The van der Waals surface area contributed by atoms with Gasteiger partial charge in [-0.3, -0.25) is 10.1 Å². The number of hydrogen-bond donors (Lipinski definition) is 1. The number of rotatable bonds is 4. The summed E-state index contributed by atoms with van der Waals surface area (Å²) in [6, 6.07) is 9.73. The van der Waals surface area contributed by atoms with E-state index in [1.165, 1.54) is 0 Å². The largest absolute Gasteiger partial charge is 0.306 e. The highest BCUT2D eigenvalue weighted by atomic mass is 32.2. The zero-order chi connectivity index (χ0) is 17.3. The quantitative estimate of drug-likeness (QED) is 0.678. The van der Waals surface area contributed by atoms with Gasteiger partial charge in [-0.15, -0.1) is 0 Å². The third kappa shape index (κ3) is 3.15. The second-order valence-corrected chi connectivity index (χ2v) is 7.35. The molecule has 0 saturated carbocycles.